The van der Waals surface area contributed by atoms with E-state index in [4.69, 9.17) is 11.6 Å². The monoisotopic (exact) mass is 535 g/mol. The smallest absolute Gasteiger partial charge is 0.394 e. The molecule has 0 radical (unpaired) electrons. The number of amides is 1. The number of allylic oxidation sites excluding steroid dienone is 1. The van der Waals surface area contributed by atoms with Crippen LogP contribution in [-0.4, -0.2) is 63.6 Å². The van der Waals surface area contributed by atoms with Gasteiger partial charge in [0.15, 0.2) is 5.17 Å². The first-order chi connectivity index (χ1) is 17.2. The Morgan fingerprint density at radius 2 is 2.08 bits per heavy atom. The summed E-state index contributed by atoms with van der Waals surface area (Å²) < 4.78 is 41.6. The average molecular weight is 536 g/mol. The number of carbonyl (C=O) groups is 1. The van der Waals surface area contributed by atoms with E-state index in [9.17, 15) is 23.1 Å². The third-order valence-corrected chi connectivity index (χ3v) is 7.57. The van der Waals surface area contributed by atoms with Crippen LogP contribution in [0, 0.1) is 0 Å². The molecule has 12 heteroatoms. The predicted molar refractivity (Wildman–Crippen MR) is 134 cm³/mol. The highest BCUT2D eigenvalue weighted by Crippen LogP contribution is 2.41. The molecule has 1 aromatic heterocycles. The molecule has 36 heavy (non-hydrogen) atoms. The number of aromatic amines is 1. The highest BCUT2D eigenvalue weighted by molar-refractivity contribution is 8.18. The van der Waals surface area contributed by atoms with Gasteiger partial charge in [-0.2, -0.15) is 23.3 Å². The number of hydrogen-bond donors (Lipinski definition) is 3. The summed E-state index contributed by atoms with van der Waals surface area (Å²) in [4.78, 5) is 19.5. The summed E-state index contributed by atoms with van der Waals surface area (Å²) in [6, 6.07) is 8.70. The Kier molecular flexibility index (Phi) is 6.82. The number of hydrogen-bond acceptors (Lipinski definition) is 6. The minimum atomic E-state index is -4.62. The van der Waals surface area contributed by atoms with Crippen molar-refractivity contribution >= 4 is 50.9 Å². The summed E-state index contributed by atoms with van der Waals surface area (Å²) in [5, 5.41) is 21.0. The molecule has 3 N–H and O–H groups in total. The van der Waals surface area contributed by atoms with Gasteiger partial charge in [0.1, 0.15) is 0 Å². The van der Waals surface area contributed by atoms with Gasteiger partial charge in [0.2, 0.25) is 0 Å². The first-order valence-corrected chi connectivity index (χ1v) is 12.4. The van der Waals surface area contributed by atoms with Gasteiger partial charge in [0, 0.05) is 30.0 Å². The highest BCUT2D eigenvalue weighted by Gasteiger charge is 2.36. The molecule has 0 aliphatic carbocycles. The van der Waals surface area contributed by atoms with E-state index >= 15 is 0 Å². The van der Waals surface area contributed by atoms with Gasteiger partial charge in [0.05, 0.1) is 34.8 Å². The third-order valence-electron chi connectivity index (χ3n) is 6.20. The standard InChI is InChI=1S/C24H21ClF3N5O2S/c25-16-3-1-14(19(9-16)24(26,27)28)8-18(13-2-4-20-15(7-13)10-30-32-20)21-22(35)31-23(36-21)33-6-5-29-11-17(33)12-34/h1-4,7,9-10,17,29,34H,5-6,8,11-12H2,(H,30,32). The van der Waals surface area contributed by atoms with Crippen LogP contribution in [0.5, 0.6) is 0 Å². The molecular formula is C24H21ClF3N5O2S. The van der Waals surface area contributed by atoms with Crippen molar-refractivity contribution in [1.82, 2.24) is 20.4 Å². The molecule has 2 aliphatic heterocycles. The van der Waals surface area contributed by atoms with E-state index < -0.39 is 17.6 Å². The molecule has 3 heterocycles. The van der Waals surface area contributed by atoms with E-state index in [-0.39, 0.29) is 34.6 Å². The molecular weight excluding hydrogens is 515 g/mol. The number of H-pyrrole nitrogens is 1. The van der Waals surface area contributed by atoms with E-state index in [0.29, 0.717) is 35.9 Å². The Morgan fingerprint density at radius 1 is 1.25 bits per heavy atom. The Bertz CT molecular complexity index is 1390. The van der Waals surface area contributed by atoms with Crippen molar-refractivity contribution < 1.29 is 23.1 Å². The molecule has 188 valence electrons. The van der Waals surface area contributed by atoms with E-state index in [1.54, 1.807) is 24.4 Å². The van der Waals surface area contributed by atoms with E-state index in [0.717, 1.165) is 28.7 Å². The molecule has 1 fully saturated rings. The molecule has 7 nitrogen and oxygen atoms in total. The molecule has 1 saturated heterocycles. The number of piperazine rings is 1. The van der Waals surface area contributed by atoms with Crippen LogP contribution in [0.4, 0.5) is 13.2 Å². The van der Waals surface area contributed by atoms with E-state index in [1.807, 2.05) is 4.90 Å². The highest BCUT2D eigenvalue weighted by atomic mass is 35.5. The second-order valence-electron chi connectivity index (χ2n) is 8.49. The normalized spacial score (nSPS) is 20.2. The molecule has 2 aromatic carbocycles. The number of nitrogens with zero attached hydrogens (tertiary/aromatic N) is 3. The maximum atomic E-state index is 13.9. The number of halogens is 4. The number of carbonyl (C=O) groups excluding carboxylic acids is 1. The van der Waals surface area contributed by atoms with E-state index in [1.165, 1.54) is 12.1 Å². The van der Waals surface area contributed by atoms with Crippen molar-refractivity contribution in [2.24, 2.45) is 4.99 Å². The topological polar surface area (TPSA) is 93.6 Å². The summed E-state index contributed by atoms with van der Waals surface area (Å²) in [6.07, 6.45) is -3.16. The molecule has 0 bridgehead atoms. The molecule has 0 saturated carbocycles. The number of benzene rings is 2. The lowest BCUT2D eigenvalue weighted by Gasteiger charge is -2.35. The Hall–Kier alpha value is -2.86. The van der Waals surface area contributed by atoms with Gasteiger partial charge in [-0.3, -0.25) is 9.89 Å². The minimum Gasteiger partial charge on any atom is -0.394 e. The quantitative estimate of drug-likeness (QED) is 0.436. The fourth-order valence-electron chi connectivity index (χ4n) is 4.39. The molecule has 5 rings (SSSR count). The van der Waals surface area contributed by atoms with Crippen molar-refractivity contribution in [2.45, 2.75) is 18.6 Å². The van der Waals surface area contributed by atoms with Gasteiger partial charge in [-0.1, -0.05) is 23.7 Å². The molecule has 1 amide bonds. The second-order valence-corrected chi connectivity index (χ2v) is 9.91. The first-order valence-electron chi connectivity index (χ1n) is 11.2. The van der Waals surface area contributed by atoms with Gasteiger partial charge in [-0.15, -0.1) is 0 Å². The van der Waals surface area contributed by atoms with Crippen LogP contribution in [0.2, 0.25) is 5.02 Å². The van der Waals surface area contributed by atoms with Crippen molar-refractivity contribution in [3.05, 3.63) is 69.2 Å². The maximum absolute atomic E-state index is 13.9. The van der Waals surface area contributed by atoms with Crippen LogP contribution >= 0.6 is 23.4 Å². The molecule has 3 aromatic rings. The number of nitrogens with one attached hydrogen (secondary N) is 2. The van der Waals surface area contributed by atoms with Crippen molar-refractivity contribution in [2.75, 3.05) is 26.2 Å². The summed E-state index contributed by atoms with van der Waals surface area (Å²) in [6.45, 7) is 1.62. The van der Waals surface area contributed by atoms with Gasteiger partial charge < -0.3 is 15.3 Å². The number of aliphatic imine (C=N–C) groups is 1. The van der Waals surface area contributed by atoms with Crippen LogP contribution in [0.15, 0.2) is 52.5 Å². The zero-order chi connectivity index (χ0) is 25.4. The van der Waals surface area contributed by atoms with Crippen molar-refractivity contribution in [3.8, 4) is 0 Å². The predicted octanol–water partition coefficient (Wildman–Crippen LogP) is 4.08. The lowest BCUT2D eigenvalue weighted by atomic mass is 9.93. The number of aliphatic hydroxyl groups excluding tert-OH is 1. The Balaban J connectivity index is 1.60. The lowest BCUT2D eigenvalue weighted by Crippen LogP contribution is -2.54. The fraction of sp³-hybridized carbons (Fsp3) is 0.292. The third kappa shape index (κ3) is 4.88. The van der Waals surface area contributed by atoms with Crippen molar-refractivity contribution in [3.63, 3.8) is 0 Å². The number of aromatic nitrogens is 2. The Labute approximate surface area is 213 Å². The number of thioether (sulfide) groups is 1. The zero-order valence-corrected chi connectivity index (χ0v) is 20.3. The number of fused-ring (bicyclic) bond motifs is 1. The maximum Gasteiger partial charge on any atom is 0.416 e. The molecule has 1 atom stereocenters. The molecule has 2 aliphatic rings. The largest absolute Gasteiger partial charge is 0.416 e. The van der Waals surface area contributed by atoms with Crippen LogP contribution < -0.4 is 5.32 Å². The molecule has 0 spiro atoms. The van der Waals surface area contributed by atoms with Crippen LogP contribution in [0.1, 0.15) is 16.7 Å². The summed E-state index contributed by atoms with van der Waals surface area (Å²) in [7, 11) is 0. The first kappa shape index (κ1) is 24.8. The summed E-state index contributed by atoms with van der Waals surface area (Å²) in [5.74, 6) is -0.518. The number of alkyl halides is 3. The van der Waals surface area contributed by atoms with Crippen molar-refractivity contribution in [1.29, 1.82) is 0 Å². The minimum absolute atomic E-state index is 0.000974. The van der Waals surface area contributed by atoms with Gasteiger partial charge in [-0.05, 0) is 59.1 Å². The summed E-state index contributed by atoms with van der Waals surface area (Å²) >= 11 is 7.01. The van der Waals surface area contributed by atoms with Gasteiger partial charge >= 0.3 is 6.18 Å². The van der Waals surface area contributed by atoms with Gasteiger partial charge in [0.25, 0.3) is 5.91 Å². The van der Waals surface area contributed by atoms with Crippen LogP contribution in [0.25, 0.3) is 16.5 Å². The van der Waals surface area contributed by atoms with Crippen LogP contribution in [0.3, 0.4) is 0 Å². The average Bonchev–Trinajstić information content (AvgIpc) is 3.48. The Morgan fingerprint density at radius 3 is 2.86 bits per heavy atom. The SMILES string of the molecule is O=C1N=C(N2CCNCC2CO)SC1=C(Cc1ccc(Cl)cc1C(F)(F)F)c1ccc2[nH]ncc2c1. The fourth-order valence-corrected chi connectivity index (χ4v) is 5.67. The zero-order valence-electron chi connectivity index (χ0n) is 18.8. The lowest BCUT2D eigenvalue weighted by molar-refractivity contribution is -0.138. The number of amidine groups is 1. The van der Waals surface area contributed by atoms with E-state index in [2.05, 4.69) is 20.5 Å². The number of rotatable bonds is 4. The number of aliphatic hydroxyl groups is 1. The molecule has 1 unspecified atom stereocenters. The van der Waals surface area contributed by atoms with Crippen LogP contribution in [-0.2, 0) is 17.4 Å². The summed E-state index contributed by atoms with van der Waals surface area (Å²) in [5.41, 5.74) is 0.934. The van der Waals surface area contributed by atoms with Gasteiger partial charge in [-0.25, -0.2) is 0 Å². The second kappa shape index (κ2) is 9.89.